The molecule has 2 aromatic carbocycles. The number of halogens is 3. The number of likely N-dealkylation sites (tertiary alicyclic amines) is 1. The zero-order valence-electron chi connectivity index (χ0n) is 22.7. The first kappa shape index (κ1) is 28.8. The van der Waals surface area contributed by atoms with Crippen molar-refractivity contribution in [3.8, 4) is 0 Å². The number of aliphatic hydroxyl groups excluding tert-OH is 1. The summed E-state index contributed by atoms with van der Waals surface area (Å²) in [5, 5.41) is 14.5. The molecule has 4 aliphatic rings. The van der Waals surface area contributed by atoms with E-state index in [1.165, 1.54) is 16.0 Å². The first-order chi connectivity index (χ1) is 18.7. The van der Waals surface area contributed by atoms with Gasteiger partial charge in [-0.15, -0.1) is 12.4 Å². The Morgan fingerprint density at radius 3 is 2.50 bits per heavy atom. The van der Waals surface area contributed by atoms with Crippen LogP contribution in [-0.4, -0.2) is 84.1 Å². The lowest BCUT2D eigenvalue weighted by molar-refractivity contribution is -0.116. The van der Waals surface area contributed by atoms with Gasteiger partial charge in [-0.1, -0.05) is 24.3 Å². The summed E-state index contributed by atoms with van der Waals surface area (Å²) in [6.07, 6.45) is 1.34. The molecule has 1 spiro atoms. The summed E-state index contributed by atoms with van der Waals surface area (Å²) in [6, 6.07) is 12.9. The normalized spacial score (nSPS) is 23.6. The Balaban J connectivity index is 0.00000323. The van der Waals surface area contributed by atoms with Crippen molar-refractivity contribution >= 4 is 29.9 Å². The number of alkyl halides is 2. The number of rotatable bonds is 5. The third-order valence-electron chi connectivity index (χ3n) is 9.28. The first-order valence-electron chi connectivity index (χ1n) is 14.0. The van der Waals surface area contributed by atoms with E-state index in [4.69, 9.17) is 0 Å². The second-order valence-electron chi connectivity index (χ2n) is 11.6. The van der Waals surface area contributed by atoms with Gasteiger partial charge >= 0.3 is 0 Å². The number of hydrogen-bond acceptors (Lipinski definition) is 5. The minimum Gasteiger partial charge on any atom is -0.390 e. The van der Waals surface area contributed by atoms with Crippen LogP contribution in [0, 0.1) is 5.41 Å². The van der Waals surface area contributed by atoms with Crippen molar-refractivity contribution in [3.63, 3.8) is 0 Å². The summed E-state index contributed by atoms with van der Waals surface area (Å²) >= 11 is 0. The summed E-state index contributed by atoms with van der Waals surface area (Å²) in [7, 11) is 0. The molecule has 3 heterocycles. The number of β-amino-alcohol motifs (C(OH)–C–C–N with tert-alkyl or cyclic N) is 1. The van der Waals surface area contributed by atoms with E-state index in [-0.39, 0.29) is 30.9 Å². The van der Waals surface area contributed by atoms with E-state index in [2.05, 4.69) is 17.4 Å². The predicted octanol–water partition coefficient (Wildman–Crippen LogP) is 3.73. The van der Waals surface area contributed by atoms with Crippen LogP contribution in [0.15, 0.2) is 42.5 Å². The summed E-state index contributed by atoms with van der Waals surface area (Å²) in [4.78, 5) is 31.9. The standard InChI is InChI=1S/C30H36F2N4O3.ClH/c1-2-34-13-14-35(18-26(37)24-15-20-5-3-4-6-22(20)17-33-24)28(39)23-8-7-21(16-25(23)34)27(38)36-12-11-29(9-10-29)30(31,32)19-36;/h3-8,16,24,26,33,37H,2,9-15,17-19H2,1H3;1H. The zero-order valence-corrected chi connectivity index (χ0v) is 23.6. The Morgan fingerprint density at radius 1 is 1.07 bits per heavy atom. The fourth-order valence-electron chi connectivity index (χ4n) is 6.49. The molecule has 40 heavy (non-hydrogen) atoms. The molecule has 2 atom stereocenters. The molecule has 0 aromatic heterocycles. The Hall–Kier alpha value is -2.75. The SMILES string of the molecule is CCN1CCN(CC(O)C2Cc3ccccc3CN2)C(=O)c2ccc(C(=O)N3CCC4(CC4)C(F)(F)C3)cc21.Cl. The Kier molecular flexibility index (Phi) is 7.85. The number of anilines is 1. The number of benzene rings is 2. The quantitative estimate of drug-likeness (QED) is 0.569. The number of carbonyl (C=O) groups excluding carboxylic acids is 2. The highest BCUT2D eigenvalue weighted by molar-refractivity contribution is 6.03. The predicted molar refractivity (Wildman–Crippen MR) is 151 cm³/mol. The van der Waals surface area contributed by atoms with Crippen LogP contribution in [0.3, 0.4) is 0 Å². The molecule has 10 heteroatoms. The maximum atomic E-state index is 14.7. The van der Waals surface area contributed by atoms with Gasteiger partial charge in [0.05, 0.1) is 23.9 Å². The maximum Gasteiger partial charge on any atom is 0.270 e. The molecular formula is C30H37ClF2N4O3. The van der Waals surface area contributed by atoms with Crippen molar-refractivity contribution in [2.24, 2.45) is 5.41 Å². The average molecular weight is 575 g/mol. The van der Waals surface area contributed by atoms with E-state index in [1.807, 2.05) is 24.0 Å². The van der Waals surface area contributed by atoms with Crippen LogP contribution in [0.4, 0.5) is 14.5 Å². The second kappa shape index (κ2) is 10.9. The summed E-state index contributed by atoms with van der Waals surface area (Å²) in [5.41, 5.74) is 2.94. The fraction of sp³-hybridized carbons (Fsp3) is 0.533. The number of piperidine rings is 1. The number of likely N-dealkylation sites (N-methyl/N-ethyl adjacent to an activating group) is 1. The van der Waals surface area contributed by atoms with Gasteiger partial charge in [-0.3, -0.25) is 9.59 Å². The molecule has 7 nitrogen and oxygen atoms in total. The van der Waals surface area contributed by atoms with Crippen LogP contribution in [0.1, 0.15) is 58.0 Å². The van der Waals surface area contributed by atoms with Crippen LogP contribution < -0.4 is 10.2 Å². The molecule has 216 valence electrons. The number of nitrogens with one attached hydrogen (secondary N) is 1. The highest BCUT2D eigenvalue weighted by Gasteiger charge is 2.64. The maximum absolute atomic E-state index is 14.7. The molecule has 0 radical (unpaired) electrons. The smallest absolute Gasteiger partial charge is 0.270 e. The number of aliphatic hydroxyl groups is 1. The van der Waals surface area contributed by atoms with Crippen LogP contribution in [0.2, 0.25) is 0 Å². The van der Waals surface area contributed by atoms with Crippen LogP contribution in [-0.2, 0) is 13.0 Å². The van der Waals surface area contributed by atoms with Crippen molar-refractivity contribution in [1.82, 2.24) is 15.1 Å². The van der Waals surface area contributed by atoms with Gasteiger partial charge in [0.25, 0.3) is 17.7 Å². The van der Waals surface area contributed by atoms with E-state index in [9.17, 15) is 23.5 Å². The van der Waals surface area contributed by atoms with E-state index in [1.54, 1.807) is 23.1 Å². The first-order valence-corrected chi connectivity index (χ1v) is 14.0. The lowest BCUT2D eigenvalue weighted by atomic mass is 9.89. The number of carbonyl (C=O) groups is 2. The molecule has 0 bridgehead atoms. The minimum absolute atomic E-state index is 0. The third-order valence-corrected chi connectivity index (χ3v) is 9.28. The molecule has 2 fully saturated rings. The van der Waals surface area contributed by atoms with Crippen molar-refractivity contribution in [2.45, 2.75) is 57.2 Å². The summed E-state index contributed by atoms with van der Waals surface area (Å²) in [6.45, 7) is 4.24. The number of nitrogens with zero attached hydrogens (tertiary/aromatic N) is 3. The molecule has 1 aliphatic carbocycles. The van der Waals surface area contributed by atoms with Crippen molar-refractivity contribution in [2.75, 3.05) is 44.2 Å². The fourth-order valence-corrected chi connectivity index (χ4v) is 6.49. The van der Waals surface area contributed by atoms with Gasteiger partial charge in [0.2, 0.25) is 0 Å². The molecule has 1 saturated heterocycles. The lowest BCUT2D eigenvalue weighted by Gasteiger charge is -2.39. The molecular weight excluding hydrogens is 538 g/mol. The van der Waals surface area contributed by atoms with Gasteiger partial charge in [0, 0.05) is 56.3 Å². The Bertz CT molecular complexity index is 1290. The van der Waals surface area contributed by atoms with Gasteiger partial charge in [-0.05, 0) is 61.9 Å². The Morgan fingerprint density at radius 2 is 1.80 bits per heavy atom. The molecule has 2 N–H and O–H groups in total. The largest absolute Gasteiger partial charge is 0.390 e. The Labute approximate surface area is 239 Å². The zero-order chi connectivity index (χ0) is 27.4. The van der Waals surface area contributed by atoms with Crippen LogP contribution >= 0.6 is 12.4 Å². The molecule has 2 unspecified atom stereocenters. The number of fused-ring (bicyclic) bond motifs is 2. The summed E-state index contributed by atoms with van der Waals surface area (Å²) in [5.74, 6) is -3.48. The van der Waals surface area contributed by atoms with Gasteiger partial charge in [-0.25, -0.2) is 8.78 Å². The third kappa shape index (κ3) is 5.08. The van der Waals surface area contributed by atoms with Crippen molar-refractivity contribution in [3.05, 3.63) is 64.7 Å². The molecule has 2 amide bonds. The summed E-state index contributed by atoms with van der Waals surface area (Å²) < 4.78 is 29.5. The number of hydrogen-bond donors (Lipinski definition) is 2. The van der Waals surface area contributed by atoms with Crippen molar-refractivity contribution in [1.29, 1.82) is 0 Å². The van der Waals surface area contributed by atoms with E-state index >= 15 is 0 Å². The molecule has 6 rings (SSSR count). The van der Waals surface area contributed by atoms with Gasteiger partial charge in [0.1, 0.15) is 0 Å². The minimum atomic E-state index is -2.87. The van der Waals surface area contributed by atoms with Gasteiger partial charge in [-0.2, -0.15) is 0 Å². The topological polar surface area (TPSA) is 76.1 Å². The van der Waals surface area contributed by atoms with Crippen LogP contribution in [0.25, 0.3) is 0 Å². The highest BCUT2D eigenvalue weighted by Crippen LogP contribution is 2.61. The van der Waals surface area contributed by atoms with Gasteiger partial charge in [0.15, 0.2) is 0 Å². The van der Waals surface area contributed by atoms with E-state index in [0.29, 0.717) is 75.2 Å². The molecule has 3 aliphatic heterocycles. The lowest BCUT2D eigenvalue weighted by Crippen LogP contribution is -2.51. The van der Waals surface area contributed by atoms with E-state index in [0.717, 1.165) is 0 Å². The highest BCUT2D eigenvalue weighted by atomic mass is 35.5. The van der Waals surface area contributed by atoms with Crippen LogP contribution in [0.5, 0.6) is 0 Å². The molecule has 1 saturated carbocycles. The second-order valence-corrected chi connectivity index (χ2v) is 11.6. The monoisotopic (exact) mass is 574 g/mol. The average Bonchev–Trinajstić information content (AvgIpc) is 3.75. The van der Waals surface area contributed by atoms with E-state index < -0.39 is 29.9 Å². The number of amides is 2. The molecule has 2 aromatic rings. The van der Waals surface area contributed by atoms with Crippen molar-refractivity contribution < 1.29 is 23.5 Å². The van der Waals surface area contributed by atoms with Gasteiger partial charge < -0.3 is 25.1 Å².